The predicted octanol–water partition coefficient (Wildman–Crippen LogP) is 3.15. The smallest absolute Gasteiger partial charge is 0.180 e. The highest BCUT2D eigenvalue weighted by Crippen LogP contribution is 2.19. The van der Waals surface area contributed by atoms with E-state index in [0.717, 1.165) is 36.7 Å². The molecule has 0 amide bonds. The summed E-state index contributed by atoms with van der Waals surface area (Å²) < 4.78 is 2.01. The molecule has 0 aliphatic rings. The van der Waals surface area contributed by atoms with Crippen molar-refractivity contribution in [3.8, 4) is 0 Å². The second-order valence-corrected chi connectivity index (χ2v) is 4.70. The van der Waals surface area contributed by atoms with Crippen molar-refractivity contribution in [2.75, 3.05) is 17.2 Å². The molecule has 2 rings (SSSR count). The van der Waals surface area contributed by atoms with Crippen molar-refractivity contribution >= 4 is 17.3 Å². The average Bonchev–Trinajstić information content (AvgIpc) is 2.87. The summed E-state index contributed by atoms with van der Waals surface area (Å²) in [4.78, 5) is 9.00. The molecule has 0 aliphatic carbocycles. The average molecular weight is 261 g/mol. The zero-order valence-electron chi connectivity index (χ0n) is 12.0. The summed E-state index contributed by atoms with van der Waals surface area (Å²) in [6.45, 7) is 7.33. The number of nitrogens with one attached hydrogen (secondary N) is 2. The van der Waals surface area contributed by atoms with Crippen LogP contribution in [0.2, 0.25) is 0 Å². The fourth-order valence-electron chi connectivity index (χ4n) is 2.21. The van der Waals surface area contributed by atoms with E-state index in [1.807, 2.05) is 16.8 Å². The van der Waals surface area contributed by atoms with Crippen LogP contribution in [-0.4, -0.2) is 27.0 Å². The van der Waals surface area contributed by atoms with Gasteiger partial charge in [0.1, 0.15) is 5.82 Å². The van der Waals surface area contributed by atoms with Gasteiger partial charge >= 0.3 is 0 Å². The zero-order chi connectivity index (χ0) is 13.7. The van der Waals surface area contributed by atoms with Crippen LogP contribution in [0.3, 0.4) is 0 Å². The molecule has 2 N–H and O–H groups in total. The maximum Gasteiger partial charge on any atom is 0.180 e. The van der Waals surface area contributed by atoms with E-state index in [4.69, 9.17) is 0 Å². The number of imidazole rings is 1. The summed E-state index contributed by atoms with van der Waals surface area (Å²) in [7, 11) is 0. The van der Waals surface area contributed by atoms with Gasteiger partial charge in [0, 0.05) is 25.0 Å². The first kappa shape index (κ1) is 13.6. The van der Waals surface area contributed by atoms with Crippen molar-refractivity contribution < 1.29 is 0 Å². The van der Waals surface area contributed by atoms with Gasteiger partial charge in [-0.15, -0.1) is 0 Å². The van der Waals surface area contributed by atoms with Crippen LogP contribution >= 0.6 is 0 Å². The number of aromatic nitrogens is 3. The summed E-state index contributed by atoms with van der Waals surface area (Å²) in [6.07, 6.45) is 9.13. The van der Waals surface area contributed by atoms with E-state index in [-0.39, 0.29) is 0 Å². The van der Waals surface area contributed by atoms with Crippen LogP contribution in [0.1, 0.15) is 40.0 Å². The van der Waals surface area contributed by atoms with Gasteiger partial charge in [0.2, 0.25) is 0 Å². The summed E-state index contributed by atoms with van der Waals surface area (Å²) in [5, 5.41) is 6.78. The predicted molar refractivity (Wildman–Crippen MR) is 79.8 cm³/mol. The minimum Gasteiger partial charge on any atom is -0.369 e. The van der Waals surface area contributed by atoms with E-state index in [1.165, 1.54) is 6.42 Å². The van der Waals surface area contributed by atoms with Crippen LogP contribution in [0.25, 0.3) is 5.65 Å². The van der Waals surface area contributed by atoms with Gasteiger partial charge in [0.25, 0.3) is 0 Å². The van der Waals surface area contributed by atoms with Gasteiger partial charge in [0.05, 0.1) is 6.20 Å². The lowest BCUT2D eigenvalue weighted by molar-refractivity contribution is 0.620. The molecule has 2 heterocycles. The Kier molecular flexibility index (Phi) is 4.60. The van der Waals surface area contributed by atoms with Crippen LogP contribution in [-0.2, 0) is 0 Å². The van der Waals surface area contributed by atoms with Crippen molar-refractivity contribution in [1.29, 1.82) is 0 Å². The van der Waals surface area contributed by atoms with Gasteiger partial charge < -0.3 is 15.0 Å². The summed E-state index contributed by atoms with van der Waals surface area (Å²) in [6, 6.07) is 0.454. The summed E-state index contributed by atoms with van der Waals surface area (Å²) >= 11 is 0. The molecular formula is C14H23N5. The molecule has 104 valence electrons. The Balaban J connectivity index is 2.31. The van der Waals surface area contributed by atoms with Gasteiger partial charge in [-0.3, -0.25) is 0 Å². The number of anilines is 2. The van der Waals surface area contributed by atoms with Crippen LogP contribution in [0, 0.1) is 0 Å². The van der Waals surface area contributed by atoms with Crippen LogP contribution < -0.4 is 10.6 Å². The van der Waals surface area contributed by atoms with Crippen molar-refractivity contribution in [3.63, 3.8) is 0 Å². The van der Waals surface area contributed by atoms with E-state index >= 15 is 0 Å². The molecule has 0 spiro atoms. The maximum absolute atomic E-state index is 4.63. The highest BCUT2D eigenvalue weighted by atomic mass is 15.1. The number of nitrogens with zero attached hydrogens (tertiary/aromatic N) is 3. The fraction of sp³-hybridized carbons (Fsp3) is 0.571. The third kappa shape index (κ3) is 3.16. The first-order valence-corrected chi connectivity index (χ1v) is 7.12. The quantitative estimate of drug-likeness (QED) is 0.804. The molecule has 1 unspecified atom stereocenters. The molecular weight excluding hydrogens is 238 g/mol. The van der Waals surface area contributed by atoms with Crippen LogP contribution in [0.15, 0.2) is 18.6 Å². The Morgan fingerprint density at radius 2 is 2.16 bits per heavy atom. The van der Waals surface area contributed by atoms with Gasteiger partial charge in [-0.05, 0) is 19.8 Å². The lowest BCUT2D eigenvalue weighted by Crippen LogP contribution is -2.20. The Morgan fingerprint density at radius 3 is 2.84 bits per heavy atom. The lowest BCUT2D eigenvalue weighted by Gasteiger charge is -2.18. The SMILES string of the molecule is CCCC(CC)Nc1nc(NCC)cn2ccnc12. The molecule has 0 aliphatic heterocycles. The fourth-order valence-corrected chi connectivity index (χ4v) is 2.21. The number of hydrogen-bond acceptors (Lipinski definition) is 4. The minimum atomic E-state index is 0.454. The third-order valence-corrected chi connectivity index (χ3v) is 3.20. The van der Waals surface area contributed by atoms with Gasteiger partial charge in [-0.1, -0.05) is 20.3 Å². The van der Waals surface area contributed by atoms with Gasteiger partial charge in [-0.25, -0.2) is 9.97 Å². The second-order valence-electron chi connectivity index (χ2n) is 4.70. The highest BCUT2D eigenvalue weighted by molar-refractivity contribution is 5.65. The number of fused-ring (bicyclic) bond motifs is 1. The normalized spacial score (nSPS) is 12.6. The summed E-state index contributed by atoms with van der Waals surface area (Å²) in [5.41, 5.74) is 0.885. The van der Waals surface area contributed by atoms with E-state index in [2.05, 4.69) is 41.4 Å². The Morgan fingerprint density at radius 1 is 1.32 bits per heavy atom. The molecule has 2 aromatic rings. The highest BCUT2D eigenvalue weighted by Gasteiger charge is 2.11. The molecule has 0 fully saturated rings. The molecule has 1 atom stereocenters. The zero-order valence-corrected chi connectivity index (χ0v) is 12.0. The Labute approximate surface area is 114 Å². The third-order valence-electron chi connectivity index (χ3n) is 3.20. The molecule has 0 aromatic carbocycles. The number of hydrogen-bond donors (Lipinski definition) is 2. The minimum absolute atomic E-state index is 0.454. The van der Waals surface area contributed by atoms with Crippen molar-refractivity contribution in [2.45, 2.75) is 46.1 Å². The number of rotatable bonds is 7. The topological polar surface area (TPSA) is 54.2 Å². The molecule has 0 saturated carbocycles. The molecule has 0 bridgehead atoms. The molecule has 19 heavy (non-hydrogen) atoms. The first-order chi connectivity index (χ1) is 9.28. The van der Waals surface area contributed by atoms with Crippen molar-refractivity contribution in [1.82, 2.24) is 14.4 Å². The van der Waals surface area contributed by atoms with Gasteiger partial charge in [0.15, 0.2) is 11.5 Å². The van der Waals surface area contributed by atoms with E-state index in [0.29, 0.717) is 6.04 Å². The molecule has 2 aromatic heterocycles. The van der Waals surface area contributed by atoms with Crippen LogP contribution in [0.5, 0.6) is 0 Å². The first-order valence-electron chi connectivity index (χ1n) is 7.12. The molecule has 0 radical (unpaired) electrons. The maximum atomic E-state index is 4.63. The van der Waals surface area contributed by atoms with E-state index < -0.39 is 0 Å². The molecule has 5 nitrogen and oxygen atoms in total. The standard InChI is InChI=1S/C14H23N5/c1-4-7-11(5-2)17-13-14-16-8-9-19(14)10-12(18-13)15-6-3/h8-11,15H,4-7H2,1-3H3,(H,17,18). The lowest BCUT2D eigenvalue weighted by atomic mass is 10.1. The van der Waals surface area contributed by atoms with E-state index in [9.17, 15) is 0 Å². The summed E-state index contributed by atoms with van der Waals surface area (Å²) in [5.74, 6) is 1.74. The van der Waals surface area contributed by atoms with E-state index in [1.54, 1.807) is 6.20 Å². The Hall–Kier alpha value is -1.78. The van der Waals surface area contributed by atoms with Crippen molar-refractivity contribution in [2.24, 2.45) is 0 Å². The molecule has 0 saturated heterocycles. The Bertz CT molecular complexity index is 520. The largest absolute Gasteiger partial charge is 0.369 e. The van der Waals surface area contributed by atoms with Crippen molar-refractivity contribution in [3.05, 3.63) is 18.6 Å². The second kappa shape index (κ2) is 6.41. The van der Waals surface area contributed by atoms with Gasteiger partial charge in [-0.2, -0.15) is 0 Å². The monoisotopic (exact) mass is 261 g/mol. The van der Waals surface area contributed by atoms with Crippen LogP contribution in [0.4, 0.5) is 11.6 Å². The molecule has 5 heteroatoms.